The monoisotopic (exact) mass is 359 g/mol. The molecule has 0 bridgehead atoms. The number of hydrogen-bond acceptors (Lipinski definition) is 3. The van der Waals surface area contributed by atoms with Crippen molar-refractivity contribution in [2.45, 2.75) is 26.4 Å². The first-order valence-electron chi connectivity index (χ1n) is 8.97. The fraction of sp³-hybridized carbons (Fsp3) is 0.190. The van der Waals surface area contributed by atoms with Gasteiger partial charge in [-0.1, -0.05) is 42.5 Å². The van der Waals surface area contributed by atoms with Crippen LogP contribution in [0.1, 0.15) is 17.5 Å². The Kier molecular flexibility index (Phi) is 4.70. The second-order valence-corrected chi connectivity index (χ2v) is 6.56. The molecule has 6 heteroatoms. The van der Waals surface area contributed by atoms with Crippen LogP contribution in [-0.4, -0.2) is 25.5 Å². The highest BCUT2D eigenvalue weighted by atomic mass is 16.1. The van der Waals surface area contributed by atoms with E-state index in [1.54, 1.807) is 0 Å². The van der Waals surface area contributed by atoms with Gasteiger partial charge in [0.15, 0.2) is 5.82 Å². The number of rotatable bonds is 6. The zero-order chi connectivity index (χ0) is 18.6. The summed E-state index contributed by atoms with van der Waals surface area (Å²) in [5.74, 6) is 0.494. The van der Waals surface area contributed by atoms with Crippen molar-refractivity contribution in [3.8, 4) is 0 Å². The second kappa shape index (κ2) is 7.45. The van der Waals surface area contributed by atoms with Crippen molar-refractivity contribution in [3.63, 3.8) is 0 Å². The standard InChI is InChI=1S/C21H21N5O/c1-16-6-5-9-19-18(16)14-22-26(19)13-11-21(27)23-20-10-12-25(24-20)15-17-7-3-2-4-8-17/h2-10,12,14H,11,13,15H2,1H3,(H,23,24,27). The minimum absolute atomic E-state index is 0.0729. The molecule has 4 rings (SSSR count). The van der Waals surface area contributed by atoms with E-state index in [9.17, 15) is 4.79 Å². The molecular formula is C21H21N5O. The molecule has 2 aromatic heterocycles. The number of carbonyl (C=O) groups is 1. The number of aryl methyl sites for hydroxylation is 2. The summed E-state index contributed by atoms with van der Waals surface area (Å²) in [4.78, 5) is 12.3. The molecule has 0 aliphatic carbocycles. The first-order valence-corrected chi connectivity index (χ1v) is 8.97. The molecule has 2 aromatic carbocycles. The average Bonchev–Trinajstić information content (AvgIpc) is 3.28. The number of anilines is 1. The van der Waals surface area contributed by atoms with Gasteiger partial charge in [0.2, 0.25) is 5.91 Å². The first kappa shape index (κ1) is 17.0. The number of hydrogen-bond donors (Lipinski definition) is 1. The van der Waals surface area contributed by atoms with Crippen molar-refractivity contribution >= 4 is 22.6 Å². The third-order valence-electron chi connectivity index (χ3n) is 4.55. The predicted octanol–water partition coefficient (Wildman–Crippen LogP) is 3.62. The number of aromatic nitrogens is 4. The zero-order valence-electron chi connectivity index (χ0n) is 15.2. The molecule has 1 N–H and O–H groups in total. The van der Waals surface area contributed by atoms with E-state index in [0.717, 1.165) is 10.9 Å². The molecule has 0 spiro atoms. The van der Waals surface area contributed by atoms with E-state index in [4.69, 9.17) is 0 Å². The molecule has 136 valence electrons. The number of carbonyl (C=O) groups excluding carboxylic acids is 1. The van der Waals surface area contributed by atoms with E-state index < -0.39 is 0 Å². The van der Waals surface area contributed by atoms with E-state index >= 15 is 0 Å². The minimum Gasteiger partial charge on any atom is -0.309 e. The van der Waals surface area contributed by atoms with Crippen LogP contribution in [0.3, 0.4) is 0 Å². The topological polar surface area (TPSA) is 64.7 Å². The Morgan fingerprint density at radius 3 is 2.78 bits per heavy atom. The second-order valence-electron chi connectivity index (χ2n) is 6.56. The van der Waals surface area contributed by atoms with Gasteiger partial charge in [0, 0.05) is 24.1 Å². The molecule has 0 saturated carbocycles. The van der Waals surface area contributed by atoms with Gasteiger partial charge in [0.05, 0.1) is 24.8 Å². The first-order chi connectivity index (χ1) is 13.2. The van der Waals surface area contributed by atoms with Gasteiger partial charge in [-0.15, -0.1) is 0 Å². The van der Waals surface area contributed by atoms with Gasteiger partial charge in [0.25, 0.3) is 0 Å². The fourth-order valence-corrected chi connectivity index (χ4v) is 3.13. The Labute approximate surface area is 157 Å². The molecule has 0 aliphatic heterocycles. The maximum Gasteiger partial charge on any atom is 0.227 e. The number of fused-ring (bicyclic) bond motifs is 1. The smallest absolute Gasteiger partial charge is 0.227 e. The van der Waals surface area contributed by atoms with E-state index in [1.165, 1.54) is 11.1 Å². The van der Waals surface area contributed by atoms with Gasteiger partial charge in [-0.2, -0.15) is 10.2 Å². The SMILES string of the molecule is Cc1cccc2c1cnn2CCC(=O)Nc1ccn(Cc2ccccc2)n1. The Bertz CT molecular complexity index is 1060. The maximum atomic E-state index is 12.3. The average molecular weight is 359 g/mol. The summed E-state index contributed by atoms with van der Waals surface area (Å²) in [6.45, 7) is 3.27. The van der Waals surface area contributed by atoms with Gasteiger partial charge in [-0.05, 0) is 24.1 Å². The predicted molar refractivity (Wildman–Crippen MR) is 105 cm³/mol. The Morgan fingerprint density at radius 1 is 1.07 bits per heavy atom. The lowest BCUT2D eigenvalue weighted by atomic mass is 10.1. The summed E-state index contributed by atoms with van der Waals surface area (Å²) in [6.07, 6.45) is 4.07. The molecule has 27 heavy (non-hydrogen) atoms. The molecular weight excluding hydrogens is 338 g/mol. The minimum atomic E-state index is -0.0729. The van der Waals surface area contributed by atoms with Gasteiger partial charge >= 0.3 is 0 Å². The van der Waals surface area contributed by atoms with Gasteiger partial charge < -0.3 is 5.32 Å². The van der Waals surface area contributed by atoms with Crippen molar-refractivity contribution in [1.29, 1.82) is 0 Å². The molecule has 0 atom stereocenters. The summed E-state index contributed by atoms with van der Waals surface area (Å²) in [5.41, 5.74) is 3.40. The summed E-state index contributed by atoms with van der Waals surface area (Å²) in [7, 11) is 0. The van der Waals surface area contributed by atoms with Crippen LogP contribution >= 0.6 is 0 Å². The molecule has 0 unspecified atom stereocenters. The zero-order valence-corrected chi connectivity index (χ0v) is 15.2. The van der Waals surface area contributed by atoms with Crippen LogP contribution in [0.4, 0.5) is 5.82 Å². The molecule has 0 saturated heterocycles. The molecule has 1 amide bonds. The number of nitrogens with zero attached hydrogens (tertiary/aromatic N) is 4. The van der Waals surface area contributed by atoms with Crippen LogP contribution in [0.5, 0.6) is 0 Å². The molecule has 0 aliphatic rings. The van der Waals surface area contributed by atoms with Crippen molar-refractivity contribution < 1.29 is 4.79 Å². The summed E-state index contributed by atoms with van der Waals surface area (Å²) in [5, 5.41) is 12.8. The lowest BCUT2D eigenvalue weighted by Gasteiger charge is -2.05. The molecule has 2 heterocycles. The van der Waals surface area contributed by atoms with Crippen LogP contribution in [0.2, 0.25) is 0 Å². The van der Waals surface area contributed by atoms with Crippen LogP contribution < -0.4 is 5.32 Å². The van der Waals surface area contributed by atoms with Crippen LogP contribution in [-0.2, 0) is 17.9 Å². The van der Waals surface area contributed by atoms with Gasteiger partial charge in [0.1, 0.15) is 0 Å². The number of nitrogens with one attached hydrogen (secondary N) is 1. The third kappa shape index (κ3) is 3.89. The van der Waals surface area contributed by atoms with E-state index in [-0.39, 0.29) is 5.91 Å². The van der Waals surface area contributed by atoms with Gasteiger partial charge in [-0.3, -0.25) is 14.2 Å². The number of amides is 1. The van der Waals surface area contributed by atoms with Gasteiger partial charge in [-0.25, -0.2) is 0 Å². The fourth-order valence-electron chi connectivity index (χ4n) is 3.13. The molecule has 0 fully saturated rings. The van der Waals surface area contributed by atoms with Crippen molar-refractivity contribution in [2.75, 3.05) is 5.32 Å². The Balaban J connectivity index is 1.35. The van der Waals surface area contributed by atoms with Crippen molar-refractivity contribution in [1.82, 2.24) is 19.6 Å². The normalized spacial score (nSPS) is 11.0. The quantitative estimate of drug-likeness (QED) is 0.572. The van der Waals surface area contributed by atoms with Crippen molar-refractivity contribution in [3.05, 3.63) is 78.1 Å². The lowest BCUT2D eigenvalue weighted by molar-refractivity contribution is -0.116. The Morgan fingerprint density at radius 2 is 1.93 bits per heavy atom. The van der Waals surface area contributed by atoms with E-state index in [2.05, 4.69) is 40.6 Å². The summed E-state index contributed by atoms with van der Waals surface area (Å²) >= 11 is 0. The largest absolute Gasteiger partial charge is 0.309 e. The number of benzene rings is 2. The maximum absolute atomic E-state index is 12.3. The summed E-state index contributed by atoms with van der Waals surface area (Å²) in [6, 6.07) is 18.0. The Hall–Kier alpha value is -3.41. The highest BCUT2D eigenvalue weighted by molar-refractivity contribution is 5.89. The molecule has 6 nitrogen and oxygen atoms in total. The summed E-state index contributed by atoms with van der Waals surface area (Å²) < 4.78 is 3.69. The van der Waals surface area contributed by atoms with Crippen molar-refractivity contribution in [2.24, 2.45) is 0 Å². The highest BCUT2D eigenvalue weighted by Crippen LogP contribution is 2.17. The molecule has 0 radical (unpaired) electrons. The lowest BCUT2D eigenvalue weighted by Crippen LogP contribution is -2.15. The van der Waals surface area contributed by atoms with Crippen LogP contribution in [0.15, 0.2) is 67.0 Å². The van der Waals surface area contributed by atoms with E-state index in [1.807, 2.05) is 58.2 Å². The third-order valence-corrected chi connectivity index (χ3v) is 4.55. The molecule has 4 aromatic rings. The van der Waals surface area contributed by atoms with Crippen LogP contribution in [0, 0.1) is 6.92 Å². The highest BCUT2D eigenvalue weighted by Gasteiger charge is 2.09. The van der Waals surface area contributed by atoms with Crippen LogP contribution in [0.25, 0.3) is 10.9 Å². The van der Waals surface area contributed by atoms with E-state index in [0.29, 0.717) is 25.3 Å².